The monoisotopic (exact) mass is 287 g/mol. The Labute approximate surface area is 119 Å². The molecule has 5 nitrogen and oxygen atoms in total. The number of halogens is 1. The third-order valence-corrected chi connectivity index (χ3v) is 2.95. The molecule has 0 saturated heterocycles. The van der Waals surface area contributed by atoms with Crippen molar-refractivity contribution in [3.8, 4) is 11.8 Å². The number of benzene rings is 1. The molecule has 6 heteroatoms. The predicted molar refractivity (Wildman–Crippen MR) is 71.9 cm³/mol. The molecule has 1 heterocycles. The number of fused-ring (bicyclic) bond motifs is 1. The number of hydrogen-bond acceptors (Lipinski definition) is 5. The molecule has 0 saturated carbocycles. The number of rotatable bonds is 3. The van der Waals surface area contributed by atoms with Crippen LogP contribution in [0.3, 0.4) is 0 Å². The number of nitriles is 1. The molecule has 0 aliphatic carbocycles. The van der Waals surface area contributed by atoms with Gasteiger partial charge in [-0.15, -0.1) is 0 Å². The van der Waals surface area contributed by atoms with E-state index >= 15 is 0 Å². The lowest BCUT2D eigenvalue weighted by molar-refractivity contribution is -0.298. The fourth-order valence-corrected chi connectivity index (χ4v) is 1.87. The number of carboxylic acids is 1. The van der Waals surface area contributed by atoms with Gasteiger partial charge in [0.1, 0.15) is 17.0 Å². The van der Waals surface area contributed by atoms with Crippen molar-refractivity contribution in [1.82, 2.24) is 4.98 Å². The molecule has 0 spiro atoms. The number of aromatic nitrogens is 1. The Morgan fingerprint density at radius 1 is 1.50 bits per heavy atom. The smallest absolute Gasteiger partial charge is 0.137 e. The molecule has 0 fully saturated rings. The summed E-state index contributed by atoms with van der Waals surface area (Å²) in [6.45, 7) is 0. The lowest BCUT2D eigenvalue weighted by Crippen LogP contribution is -2.23. The van der Waals surface area contributed by atoms with Crippen LogP contribution in [-0.2, 0) is 4.79 Å². The van der Waals surface area contributed by atoms with Crippen molar-refractivity contribution in [2.75, 3.05) is 7.11 Å². The Balaban J connectivity index is 2.62. The van der Waals surface area contributed by atoms with Crippen LogP contribution in [0.4, 0.5) is 0 Å². The average Bonchev–Trinajstić information content (AvgIpc) is 2.44. The molecule has 0 bridgehead atoms. The van der Waals surface area contributed by atoms with Gasteiger partial charge in [-0.3, -0.25) is 0 Å². The Bertz CT molecular complexity index is 763. The molecule has 1 aromatic carbocycles. The highest BCUT2D eigenvalue weighted by Crippen LogP contribution is 2.25. The summed E-state index contributed by atoms with van der Waals surface area (Å²) in [6, 6.07) is 8.38. The first kappa shape index (κ1) is 13.8. The minimum Gasteiger partial charge on any atom is -0.544 e. The minimum atomic E-state index is -1.56. The summed E-state index contributed by atoms with van der Waals surface area (Å²) < 4.78 is 5.10. The van der Waals surface area contributed by atoms with Crippen LogP contribution in [0.15, 0.2) is 29.8 Å². The summed E-state index contributed by atoms with van der Waals surface area (Å²) >= 11 is 5.97. The number of pyridine rings is 1. The van der Waals surface area contributed by atoms with Crippen LogP contribution in [-0.4, -0.2) is 18.1 Å². The molecule has 2 rings (SSSR count). The van der Waals surface area contributed by atoms with Crippen molar-refractivity contribution in [2.24, 2.45) is 0 Å². The summed E-state index contributed by atoms with van der Waals surface area (Å²) in [5, 5.41) is 20.3. The number of nitrogens with zero attached hydrogens (tertiary/aromatic N) is 2. The second-order valence-corrected chi connectivity index (χ2v) is 4.24. The van der Waals surface area contributed by atoms with E-state index in [-0.39, 0.29) is 5.15 Å². The van der Waals surface area contributed by atoms with Gasteiger partial charge in [-0.05, 0) is 30.3 Å². The van der Waals surface area contributed by atoms with E-state index in [9.17, 15) is 9.90 Å². The van der Waals surface area contributed by atoms with Crippen molar-refractivity contribution in [3.63, 3.8) is 0 Å². The van der Waals surface area contributed by atoms with Crippen molar-refractivity contribution >= 4 is 34.5 Å². The number of methoxy groups -OCH3 is 1. The molecule has 2 aromatic rings. The maximum absolute atomic E-state index is 10.7. The summed E-state index contributed by atoms with van der Waals surface area (Å²) in [5.41, 5.74) is 0.448. The molecule has 0 radical (unpaired) electrons. The van der Waals surface area contributed by atoms with Crippen molar-refractivity contribution in [2.45, 2.75) is 0 Å². The van der Waals surface area contributed by atoms with Gasteiger partial charge in [0.25, 0.3) is 0 Å². The summed E-state index contributed by atoms with van der Waals surface area (Å²) in [4.78, 5) is 14.9. The quantitative estimate of drug-likeness (QED) is 0.486. The van der Waals surface area contributed by atoms with E-state index in [1.54, 1.807) is 24.3 Å². The molecule has 0 unspecified atom stereocenters. The number of carbonyl (C=O) groups excluding carboxylic acids is 1. The van der Waals surface area contributed by atoms with E-state index in [0.29, 0.717) is 16.8 Å². The topological polar surface area (TPSA) is 86.0 Å². The third-order valence-electron chi connectivity index (χ3n) is 2.64. The van der Waals surface area contributed by atoms with Gasteiger partial charge >= 0.3 is 0 Å². The second kappa shape index (κ2) is 5.59. The van der Waals surface area contributed by atoms with Gasteiger partial charge in [-0.2, -0.15) is 5.26 Å². The first-order valence-corrected chi connectivity index (χ1v) is 5.90. The Morgan fingerprint density at radius 3 is 2.85 bits per heavy atom. The van der Waals surface area contributed by atoms with Crippen LogP contribution in [0.25, 0.3) is 17.0 Å². The van der Waals surface area contributed by atoms with Gasteiger partial charge < -0.3 is 14.6 Å². The van der Waals surface area contributed by atoms with Crippen LogP contribution in [0.2, 0.25) is 5.15 Å². The highest BCUT2D eigenvalue weighted by molar-refractivity contribution is 6.31. The number of carboxylic acid groups (broad SMARTS) is 1. The highest BCUT2D eigenvalue weighted by atomic mass is 35.5. The zero-order chi connectivity index (χ0) is 14.7. The average molecular weight is 288 g/mol. The number of ether oxygens (including phenoxy) is 1. The molecule has 0 N–H and O–H groups in total. The van der Waals surface area contributed by atoms with E-state index in [4.69, 9.17) is 21.6 Å². The van der Waals surface area contributed by atoms with Gasteiger partial charge in [0.05, 0.1) is 24.2 Å². The zero-order valence-corrected chi connectivity index (χ0v) is 11.1. The predicted octanol–water partition coefficient (Wildman–Crippen LogP) is 1.55. The SMILES string of the molecule is COc1ccc2nc(Cl)c(/C=C(\C#N)C(=O)[O-])cc2c1. The minimum absolute atomic E-state index is 0.108. The van der Waals surface area contributed by atoms with Gasteiger partial charge in [0.2, 0.25) is 0 Å². The lowest BCUT2D eigenvalue weighted by Gasteiger charge is -2.06. The normalized spacial score (nSPS) is 11.2. The van der Waals surface area contributed by atoms with E-state index in [0.717, 1.165) is 11.5 Å². The molecule has 0 aliphatic rings. The molecular weight excluding hydrogens is 280 g/mol. The fourth-order valence-electron chi connectivity index (χ4n) is 1.67. The maximum atomic E-state index is 10.7. The maximum Gasteiger partial charge on any atom is 0.137 e. The zero-order valence-electron chi connectivity index (χ0n) is 10.4. The Morgan fingerprint density at radius 2 is 2.25 bits per heavy atom. The van der Waals surface area contributed by atoms with E-state index in [2.05, 4.69) is 4.98 Å². The summed E-state index contributed by atoms with van der Waals surface area (Å²) in [7, 11) is 1.54. The van der Waals surface area contributed by atoms with Crippen molar-refractivity contribution < 1.29 is 14.6 Å². The van der Waals surface area contributed by atoms with Crippen LogP contribution < -0.4 is 9.84 Å². The van der Waals surface area contributed by atoms with Crippen molar-refractivity contribution in [1.29, 1.82) is 5.26 Å². The third kappa shape index (κ3) is 2.71. The summed E-state index contributed by atoms with van der Waals surface area (Å²) in [6.07, 6.45) is 1.13. The van der Waals surface area contributed by atoms with Gasteiger partial charge in [-0.25, -0.2) is 4.98 Å². The second-order valence-electron chi connectivity index (χ2n) is 3.88. The summed E-state index contributed by atoms with van der Waals surface area (Å²) in [5.74, 6) is -0.925. The van der Waals surface area contributed by atoms with Gasteiger partial charge in [0, 0.05) is 10.9 Å². The Hall–Kier alpha value is -2.58. The highest BCUT2D eigenvalue weighted by Gasteiger charge is 2.06. The standard InChI is InChI=1S/C14H9ClN2O3/c1-20-11-2-3-12-8(6-11)4-9(13(15)17-12)5-10(7-16)14(18)19/h2-6H,1H3,(H,18,19)/p-1/b10-5+. The molecular formula is C14H8ClN2O3-. The molecule has 20 heavy (non-hydrogen) atoms. The first-order chi connectivity index (χ1) is 9.55. The molecule has 0 atom stereocenters. The largest absolute Gasteiger partial charge is 0.544 e. The number of hydrogen-bond donors (Lipinski definition) is 0. The molecule has 100 valence electrons. The van der Waals surface area contributed by atoms with E-state index in [1.165, 1.54) is 13.2 Å². The molecule has 1 aromatic heterocycles. The first-order valence-electron chi connectivity index (χ1n) is 5.52. The molecule has 0 aliphatic heterocycles. The van der Waals surface area contributed by atoms with E-state index < -0.39 is 11.5 Å². The van der Waals surface area contributed by atoms with Crippen LogP contribution in [0, 0.1) is 11.3 Å². The van der Waals surface area contributed by atoms with Gasteiger partial charge in [0.15, 0.2) is 0 Å². The van der Waals surface area contributed by atoms with E-state index in [1.807, 2.05) is 0 Å². The Kier molecular flexibility index (Phi) is 3.87. The number of carbonyl (C=O) groups is 1. The van der Waals surface area contributed by atoms with Crippen LogP contribution >= 0.6 is 11.6 Å². The number of aliphatic carboxylic acids is 1. The van der Waals surface area contributed by atoms with Crippen LogP contribution in [0.5, 0.6) is 5.75 Å². The fraction of sp³-hybridized carbons (Fsp3) is 0.0714. The van der Waals surface area contributed by atoms with Crippen molar-refractivity contribution in [3.05, 3.63) is 40.6 Å². The van der Waals surface area contributed by atoms with Gasteiger partial charge in [-0.1, -0.05) is 11.6 Å². The van der Waals surface area contributed by atoms with Crippen LogP contribution in [0.1, 0.15) is 5.56 Å². The molecule has 0 amide bonds. The lowest BCUT2D eigenvalue weighted by atomic mass is 10.1.